The third-order valence-electron chi connectivity index (χ3n) is 9.66. The van der Waals surface area contributed by atoms with Crippen molar-refractivity contribution >= 4 is 0 Å². The summed E-state index contributed by atoms with van der Waals surface area (Å²) in [7, 11) is 0. The van der Waals surface area contributed by atoms with Crippen molar-refractivity contribution in [2.45, 2.75) is 85.0 Å². The van der Waals surface area contributed by atoms with Crippen LogP contribution in [0.1, 0.15) is 85.0 Å². The van der Waals surface area contributed by atoms with E-state index in [4.69, 9.17) is 0 Å². The Morgan fingerprint density at radius 1 is 0.870 bits per heavy atom. The predicted octanol–water partition coefficient (Wildman–Crippen LogP) is 6.86. The van der Waals surface area contributed by atoms with Crippen LogP contribution in [0.15, 0.2) is 12.7 Å². The van der Waals surface area contributed by atoms with Crippen molar-refractivity contribution in [2.24, 2.45) is 46.3 Å². The van der Waals surface area contributed by atoms with Crippen molar-refractivity contribution in [2.75, 3.05) is 0 Å². The van der Waals surface area contributed by atoms with Crippen LogP contribution in [-0.2, 0) is 0 Å². The van der Waals surface area contributed by atoms with Gasteiger partial charge in [-0.1, -0.05) is 39.7 Å². The van der Waals surface area contributed by atoms with E-state index >= 15 is 0 Å². The molecule has 0 aromatic carbocycles. The summed E-state index contributed by atoms with van der Waals surface area (Å²) in [6, 6.07) is 0. The molecular formula is C23H38. The number of allylic oxidation sites excluding steroid dienone is 1. The lowest BCUT2D eigenvalue weighted by atomic mass is 9.44. The lowest BCUT2D eigenvalue weighted by Crippen LogP contribution is -2.53. The SMILES string of the molecule is C=CC(C)[C@@H]1CC[C@H]2[C@H]3CC[C@@H]4CCCC[C@]4(C)[C@H]3CC[C@]12C. The molecule has 8 atom stereocenters. The molecule has 4 aliphatic carbocycles. The highest BCUT2D eigenvalue weighted by Crippen LogP contribution is 2.68. The zero-order valence-electron chi connectivity index (χ0n) is 15.8. The average Bonchev–Trinajstić information content (AvgIpc) is 2.91. The lowest BCUT2D eigenvalue weighted by molar-refractivity contribution is -0.112. The maximum atomic E-state index is 4.12. The smallest absolute Gasteiger partial charge is 0.0231 e. The largest absolute Gasteiger partial charge is 0.103 e. The lowest BCUT2D eigenvalue weighted by Gasteiger charge is -2.60. The molecule has 0 amide bonds. The van der Waals surface area contributed by atoms with E-state index in [0.717, 1.165) is 29.6 Å². The van der Waals surface area contributed by atoms with Crippen LogP contribution in [0.25, 0.3) is 0 Å². The summed E-state index contributed by atoms with van der Waals surface area (Å²) in [6.45, 7) is 11.9. The third kappa shape index (κ3) is 2.22. The molecular weight excluding hydrogens is 276 g/mol. The molecule has 1 unspecified atom stereocenters. The number of hydrogen-bond acceptors (Lipinski definition) is 0. The Bertz CT molecular complexity index is 465. The van der Waals surface area contributed by atoms with Gasteiger partial charge in [-0.05, 0) is 97.7 Å². The van der Waals surface area contributed by atoms with Gasteiger partial charge in [0.15, 0.2) is 0 Å². The van der Waals surface area contributed by atoms with E-state index in [9.17, 15) is 0 Å². The molecule has 0 radical (unpaired) electrons. The highest BCUT2D eigenvalue weighted by molar-refractivity contribution is 5.10. The van der Waals surface area contributed by atoms with Crippen LogP contribution in [-0.4, -0.2) is 0 Å². The summed E-state index contributed by atoms with van der Waals surface area (Å²) in [5.41, 5.74) is 1.32. The predicted molar refractivity (Wildman–Crippen MR) is 99.2 cm³/mol. The van der Waals surface area contributed by atoms with Crippen molar-refractivity contribution in [1.29, 1.82) is 0 Å². The monoisotopic (exact) mass is 314 g/mol. The van der Waals surface area contributed by atoms with E-state index in [1.54, 1.807) is 12.8 Å². The van der Waals surface area contributed by atoms with E-state index in [1.165, 1.54) is 51.4 Å². The molecule has 4 saturated carbocycles. The Morgan fingerprint density at radius 3 is 2.43 bits per heavy atom. The van der Waals surface area contributed by atoms with Gasteiger partial charge >= 0.3 is 0 Å². The Hall–Kier alpha value is -0.260. The Kier molecular flexibility index (Phi) is 3.97. The minimum Gasteiger partial charge on any atom is -0.103 e. The van der Waals surface area contributed by atoms with E-state index in [-0.39, 0.29) is 0 Å². The molecule has 4 aliphatic rings. The molecule has 0 saturated heterocycles. The molecule has 0 heterocycles. The third-order valence-corrected chi connectivity index (χ3v) is 9.66. The van der Waals surface area contributed by atoms with E-state index in [2.05, 4.69) is 33.4 Å². The van der Waals surface area contributed by atoms with Gasteiger partial charge in [0.2, 0.25) is 0 Å². The number of fused-ring (bicyclic) bond motifs is 5. The van der Waals surface area contributed by atoms with Gasteiger partial charge in [-0.15, -0.1) is 6.58 Å². The van der Waals surface area contributed by atoms with Crippen molar-refractivity contribution in [3.63, 3.8) is 0 Å². The number of hydrogen-bond donors (Lipinski definition) is 0. The molecule has 0 aliphatic heterocycles. The second kappa shape index (κ2) is 5.63. The second-order valence-electron chi connectivity index (χ2n) is 10.2. The van der Waals surface area contributed by atoms with Crippen molar-refractivity contribution in [1.82, 2.24) is 0 Å². The maximum Gasteiger partial charge on any atom is -0.0231 e. The standard InChI is InChI=1S/C23H38/c1-5-16(2)19-11-12-20-18-10-9-17-8-6-7-14-22(17,3)21(18)13-15-23(19,20)4/h5,16-21H,1,6-15H2,2-4H3/t16?,17-,18+,19-,20-,21-,22-,23+/m0/s1. The fraction of sp³-hybridized carbons (Fsp3) is 0.913. The fourth-order valence-corrected chi connectivity index (χ4v) is 8.36. The first-order valence-electron chi connectivity index (χ1n) is 10.6. The minimum atomic E-state index is 0.618. The van der Waals surface area contributed by atoms with Gasteiger partial charge in [0.1, 0.15) is 0 Å². The van der Waals surface area contributed by atoms with E-state index < -0.39 is 0 Å². The zero-order valence-corrected chi connectivity index (χ0v) is 15.8. The van der Waals surface area contributed by atoms with Gasteiger partial charge in [-0.25, -0.2) is 0 Å². The summed E-state index contributed by atoms with van der Waals surface area (Å²) in [5, 5.41) is 0. The van der Waals surface area contributed by atoms with Crippen LogP contribution in [0.4, 0.5) is 0 Å². The van der Waals surface area contributed by atoms with Gasteiger partial charge in [-0.2, -0.15) is 0 Å². The minimum absolute atomic E-state index is 0.618. The van der Waals surface area contributed by atoms with Crippen LogP contribution in [0, 0.1) is 46.3 Å². The molecule has 4 fully saturated rings. The highest BCUT2D eigenvalue weighted by atomic mass is 14.6. The van der Waals surface area contributed by atoms with E-state index in [1.807, 2.05) is 0 Å². The Balaban J connectivity index is 1.61. The summed E-state index contributed by atoms with van der Waals surface area (Å²) in [6.07, 6.45) is 17.5. The Labute approximate surface area is 144 Å². The Morgan fingerprint density at radius 2 is 1.65 bits per heavy atom. The molecule has 0 nitrogen and oxygen atoms in total. The van der Waals surface area contributed by atoms with Crippen LogP contribution >= 0.6 is 0 Å². The van der Waals surface area contributed by atoms with Gasteiger partial charge in [-0.3, -0.25) is 0 Å². The van der Waals surface area contributed by atoms with Crippen molar-refractivity contribution in [3.8, 4) is 0 Å². The first kappa shape index (κ1) is 16.2. The topological polar surface area (TPSA) is 0 Å². The van der Waals surface area contributed by atoms with Gasteiger partial charge in [0.25, 0.3) is 0 Å². The first-order valence-corrected chi connectivity index (χ1v) is 10.6. The summed E-state index contributed by atoms with van der Waals surface area (Å²) >= 11 is 0. The molecule has 0 bridgehead atoms. The molecule has 0 N–H and O–H groups in total. The molecule has 0 heteroatoms. The van der Waals surface area contributed by atoms with Gasteiger partial charge in [0.05, 0.1) is 0 Å². The highest BCUT2D eigenvalue weighted by Gasteiger charge is 2.59. The van der Waals surface area contributed by atoms with E-state index in [0.29, 0.717) is 16.7 Å². The molecule has 0 aromatic rings. The quantitative estimate of drug-likeness (QED) is 0.488. The van der Waals surface area contributed by atoms with Crippen LogP contribution in [0.5, 0.6) is 0 Å². The summed E-state index contributed by atoms with van der Waals surface area (Å²) in [4.78, 5) is 0. The van der Waals surface area contributed by atoms with Crippen LogP contribution in [0.2, 0.25) is 0 Å². The number of rotatable bonds is 2. The average molecular weight is 315 g/mol. The normalized spacial score (nSPS) is 53.8. The molecule has 0 spiro atoms. The van der Waals surface area contributed by atoms with Crippen molar-refractivity contribution < 1.29 is 0 Å². The summed E-state index contributed by atoms with van der Waals surface area (Å²) in [5.74, 6) is 5.80. The van der Waals surface area contributed by atoms with Crippen molar-refractivity contribution in [3.05, 3.63) is 12.7 Å². The molecule has 0 aromatic heterocycles. The summed E-state index contributed by atoms with van der Waals surface area (Å²) < 4.78 is 0. The van der Waals surface area contributed by atoms with Crippen LogP contribution < -0.4 is 0 Å². The zero-order chi connectivity index (χ0) is 16.2. The second-order valence-corrected chi connectivity index (χ2v) is 10.2. The van der Waals surface area contributed by atoms with Gasteiger partial charge in [0, 0.05) is 0 Å². The maximum absolute atomic E-state index is 4.12. The fourth-order valence-electron chi connectivity index (χ4n) is 8.36. The molecule has 4 rings (SSSR count). The molecule has 130 valence electrons. The van der Waals surface area contributed by atoms with Crippen LogP contribution in [0.3, 0.4) is 0 Å². The van der Waals surface area contributed by atoms with Gasteiger partial charge < -0.3 is 0 Å². The molecule has 23 heavy (non-hydrogen) atoms. The first-order chi connectivity index (χ1) is 11.0.